The summed E-state index contributed by atoms with van der Waals surface area (Å²) in [5.74, 6) is 0. The molecule has 0 amide bonds. The van der Waals surface area contributed by atoms with Crippen LogP contribution >= 0.6 is 0 Å². The quantitative estimate of drug-likeness (QED) is 0.696. The first-order valence-electron chi connectivity index (χ1n) is 6.97. The second-order valence-corrected chi connectivity index (χ2v) is 7.60. The van der Waals surface area contributed by atoms with E-state index in [2.05, 4.69) is 29.0 Å². The highest BCUT2D eigenvalue weighted by molar-refractivity contribution is 7.89. The SMILES string of the molecule is COC(C)(C)CNS(=O)(=O)c1cnn(CCNC(C)C)c1. The molecule has 21 heavy (non-hydrogen) atoms. The number of hydrogen-bond donors (Lipinski definition) is 2. The van der Waals surface area contributed by atoms with Gasteiger partial charge in [0.15, 0.2) is 0 Å². The fraction of sp³-hybridized carbons (Fsp3) is 0.769. The van der Waals surface area contributed by atoms with Crippen molar-refractivity contribution >= 4 is 10.0 Å². The van der Waals surface area contributed by atoms with Gasteiger partial charge in [-0.2, -0.15) is 5.10 Å². The Morgan fingerprint density at radius 2 is 2.10 bits per heavy atom. The minimum absolute atomic E-state index is 0.166. The molecule has 0 bridgehead atoms. The third kappa shape index (κ3) is 6.13. The van der Waals surface area contributed by atoms with Crippen molar-refractivity contribution < 1.29 is 13.2 Å². The zero-order valence-corrected chi connectivity index (χ0v) is 14.2. The molecule has 122 valence electrons. The molecule has 0 atom stereocenters. The van der Waals surface area contributed by atoms with E-state index in [0.29, 0.717) is 12.6 Å². The molecule has 0 aliphatic rings. The molecule has 1 aromatic rings. The zero-order valence-electron chi connectivity index (χ0n) is 13.4. The number of nitrogens with one attached hydrogen (secondary N) is 2. The van der Waals surface area contributed by atoms with E-state index in [4.69, 9.17) is 4.74 Å². The average Bonchev–Trinajstić information content (AvgIpc) is 2.86. The lowest BCUT2D eigenvalue weighted by atomic mass is 10.1. The van der Waals surface area contributed by atoms with Gasteiger partial charge in [0.1, 0.15) is 4.90 Å². The van der Waals surface area contributed by atoms with E-state index < -0.39 is 15.6 Å². The number of sulfonamides is 1. The first-order chi connectivity index (χ1) is 9.66. The van der Waals surface area contributed by atoms with Crippen molar-refractivity contribution in [2.45, 2.75) is 50.8 Å². The van der Waals surface area contributed by atoms with Crippen LogP contribution in [0.15, 0.2) is 17.3 Å². The molecule has 0 aromatic carbocycles. The van der Waals surface area contributed by atoms with Crippen molar-refractivity contribution in [2.24, 2.45) is 0 Å². The van der Waals surface area contributed by atoms with E-state index in [1.54, 1.807) is 11.8 Å². The molecule has 0 aliphatic carbocycles. The summed E-state index contributed by atoms with van der Waals surface area (Å²) in [6, 6.07) is 0.390. The molecule has 1 aromatic heterocycles. The van der Waals surface area contributed by atoms with Crippen LogP contribution in [0.2, 0.25) is 0 Å². The van der Waals surface area contributed by atoms with Gasteiger partial charge in [-0.1, -0.05) is 13.8 Å². The summed E-state index contributed by atoms with van der Waals surface area (Å²) >= 11 is 0. The molecule has 2 N–H and O–H groups in total. The average molecular weight is 318 g/mol. The summed E-state index contributed by atoms with van der Waals surface area (Å²) in [5.41, 5.74) is -0.551. The van der Waals surface area contributed by atoms with Gasteiger partial charge in [0.05, 0.1) is 18.3 Å². The van der Waals surface area contributed by atoms with Gasteiger partial charge in [0.25, 0.3) is 0 Å². The zero-order chi connectivity index (χ0) is 16.1. The van der Waals surface area contributed by atoms with E-state index in [9.17, 15) is 8.42 Å². The Morgan fingerprint density at radius 3 is 2.67 bits per heavy atom. The van der Waals surface area contributed by atoms with Gasteiger partial charge in [-0.15, -0.1) is 0 Å². The highest BCUT2D eigenvalue weighted by Gasteiger charge is 2.22. The van der Waals surface area contributed by atoms with Gasteiger partial charge >= 0.3 is 0 Å². The third-order valence-corrected chi connectivity index (χ3v) is 4.41. The minimum Gasteiger partial charge on any atom is -0.377 e. The molecule has 8 heteroatoms. The lowest BCUT2D eigenvalue weighted by Gasteiger charge is -2.22. The highest BCUT2D eigenvalue weighted by atomic mass is 32.2. The van der Waals surface area contributed by atoms with Gasteiger partial charge in [0.2, 0.25) is 10.0 Å². The van der Waals surface area contributed by atoms with Gasteiger partial charge in [-0.05, 0) is 13.8 Å². The summed E-state index contributed by atoms with van der Waals surface area (Å²) < 4.78 is 33.7. The summed E-state index contributed by atoms with van der Waals surface area (Å²) in [5, 5.41) is 7.32. The van der Waals surface area contributed by atoms with Crippen LogP contribution in [0.3, 0.4) is 0 Å². The molecule has 7 nitrogen and oxygen atoms in total. The normalized spacial score (nSPS) is 13.0. The molecule has 0 unspecified atom stereocenters. The van der Waals surface area contributed by atoms with Crippen LogP contribution in [-0.4, -0.2) is 50.0 Å². The fourth-order valence-corrected chi connectivity index (χ4v) is 2.65. The highest BCUT2D eigenvalue weighted by Crippen LogP contribution is 2.10. The van der Waals surface area contributed by atoms with Crippen molar-refractivity contribution in [3.8, 4) is 0 Å². The van der Waals surface area contributed by atoms with Crippen LogP contribution in [0.5, 0.6) is 0 Å². The Morgan fingerprint density at radius 1 is 1.43 bits per heavy atom. The van der Waals surface area contributed by atoms with Crippen molar-refractivity contribution in [2.75, 3.05) is 20.2 Å². The molecule has 0 spiro atoms. The van der Waals surface area contributed by atoms with Crippen LogP contribution in [0.4, 0.5) is 0 Å². The Balaban J connectivity index is 2.62. The molecule has 0 aliphatic heterocycles. The monoisotopic (exact) mass is 318 g/mol. The molecule has 1 rings (SSSR count). The number of ether oxygens (including phenoxy) is 1. The van der Waals surface area contributed by atoms with Gasteiger partial charge in [-0.25, -0.2) is 13.1 Å². The lowest BCUT2D eigenvalue weighted by Crippen LogP contribution is -2.39. The number of aromatic nitrogens is 2. The van der Waals surface area contributed by atoms with Crippen molar-refractivity contribution in [3.05, 3.63) is 12.4 Å². The van der Waals surface area contributed by atoms with Crippen LogP contribution < -0.4 is 10.0 Å². The molecular weight excluding hydrogens is 292 g/mol. The number of hydrogen-bond acceptors (Lipinski definition) is 5. The third-order valence-electron chi connectivity index (χ3n) is 3.05. The van der Waals surface area contributed by atoms with Crippen molar-refractivity contribution in [3.63, 3.8) is 0 Å². The Kier molecular flexibility index (Phi) is 6.33. The van der Waals surface area contributed by atoms with E-state index in [-0.39, 0.29) is 11.4 Å². The Hall–Kier alpha value is -0.960. The first-order valence-corrected chi connectivity index (χ1v) is 8.45. The number of nitrogens with zero attached hydrogens (tertiary/aromatic N) is 2. The Labute approximate surface area is 127 Å². The van der Waals surface area contributed by atoms with Gasteiger partial charge < -0.3 is 10.1 Å². The molecule has 0 fully saturated rings. The van der Waals surface area contributed by atoms with Crippen LogP contribution in [-0.2, 0) is 21.3 Å². The number of rotatable bonds is 9. The maximum atomic E-state index is 12.2. The summed E-state index contributed by atoms with van der Waals surface area (Å²) in [4.78, 5) is 0.166. The van der Waals surface area contributed by atoms with Crippen LogP contribution in [0.1, 0.15) is 27.7 Å². The minimum atomic E-state index is -3.56. The molecule has 0 saturated carbocycles. The molecular formula is C13H26N4O3S. The van der Waals surface area contributed by atoms with E-state index in [1.807, 2.05) is 13.8 Å². The topological polar surface area (TPSA) is 85.2 Å². The number of methoxy groups -OCH3 is 1. The smallest absolute Gasteiger partial charge is 0.243 e. The predicted octanol–water partition coefficient (Wildman–Crippen LogP) is 0.584. The summed E-state index contributed by atoms with van der Waals surface area (Å²) in [7, 11) is -2.01. The largest absolute Gasteiger partial charge is 0.377 e. The van der Waals surface area contributed by atoms with E-state index in [0.717, 1.165) is 6.54 Å². The van der Waals surface area contributed by atoms with Crippen molar-refractivity contribution in [1.29, 1.82) is 0 Å². The molecule has 0 radical (unpaired) electrons. The maximum absolute atomic E-state index is 12.2. The fourth-order valence-electron chi connectivity index (χ4n) is 1.50. The van der Waals surface area contributed by atoms with Gasteiger partial charge in [-0.3, -0.25) is 4.68 Å². The molecule has 1 heterocycles. The lowest BCUT2D eigenvalue weighted by molar-refractivity contribution is 0.0276. The first kappa shape index (κ1) is 18.1. The second-order valence-electron chi connectivity index (χ2n) is 5.84. The van der Waals surface area contributed by atoms with Crippen molar-refractivity contribution in [1.82, 2.24) is 19.8 Å². The summed E-state index contributed by atoms with van der Waals surface area (Å²) in [6.45, 7) is 9.31. The standard InChI is InChI=1S/C13H26N4O3S/c1-11(2)14-6-7-17-9-12(8-15-17)21(18,19)16-10-13(3,4)20-5/h8-9,11,14,16H,6-7,10H2,1-5H3. The summed E-state index contributed by atoms with van der Waals surface area (Å²) in [6.07, 6.45) is 2.89. The van der Waals surface area contributed by atoms with E-state index in [1.165, 1.54) is 12.4 Å². The van der Waals surface area contributed by atoms with Gasteiger partial charge in [0, 0.05) is 32.4 Å². The maximum Gasteiger partial charge on any atom is 0.243 e. The van der Waals surface area contributed by atoms with E-state index >= 15 is 0 Å². The Bertz CT molecular complexity index is 537. The van der Waals surface area contributed by atoms with Crippen LogP contribution in [0, 0.1) is 0 Å². The second kappa shape index (κ2) is 7.35. The van der Waals surface area contributed by atoms with Crippen LogP contribution in [0.25, 0.3) is 0 Å². The molecule has 0 saturated heterocycles. The predicted molar refractivity (Wildman–Crippen MR) is 81.6 cm³/mol.